The molecule has 1 rings (SSSR count). The van der Waals surface area contributed by atoms with E-state index < -0.39 is 5.97 Å². The molecule has 0 heterocycles. The molecule has 88 valence electrons. The van der Waals surface area contributed by atoms with Crippen molar-refractivity contribution in [2.75, 3.05) is 0 Å². The van der Waals surface area contributed by atoms with Crippen LogP contribution in [0.4, 0.5) is 0 Å². The number of hydrogen-bond acceptors (Lipinski definition) is 2. The molecule has 1 N–H and O–H groups in total. The number of hydrogen-bond donors (Lipinski definition) is 1. The molecule has 0 bridgehead atoms. The van der Waals surface area contributed by atoms with Crippen molar-refractivity contribution in [2.45, 2.75) is 26.9 Å². The van der Waals surface area contributed by atoms with E-state index in [2.05, 4.69) is 15.9 Å². The molecule has 1 aromatic carbocycles. The molecule has 0 saturated heterocycles. The van der Waals surface area contributed by atoms with Crippen LogP contribution in [0.25, 0.3) is 0 Å². The van der Waals surface area contributed by atoms with Crippen molar-refractivity contribution < 1.29 is 14.6 Å². The number of benzene rings is 1. The molecule has 0 aliphatic rings. The molecular formula is C12H15BrO3. The second-order valence-electron chi connectivity index (χ2n) is 3.99. The highest BCUT2D eigenvalue weighted by molar-refractivity contribution is 9.10. The van der Waals surface area contributed by atoms with Crippen LogP contribution in [0.15, 0.2) is 22.7 Å². The highest BCUT2D eigenvalue weighted by atomic mass is 79.9. The van der Waals surface area contributed by atoms with E-state index in [0.717, 1.165) is 0 Å². The van der Waals surface area contributed by atoms with Crippen LogP contribution in [0.5, 0.6) is 5.75 Å². The zero-order chi connectivity index (χ0) is 12.3. The van der Waals surface area contributed by atoms with Crippen LogP contribution < -0.4 is 4.74 Å². The van der Waals surface area contributed by atoms with E-state index in [4.69, 9.17) is 9.84 Å². The highest BCUT2D eigenvalue weighted by Gasteiger charge is 2.18. The fourth-order valence-electron chi connectivity index (χ4n) is 1.15. The van der Waals surface area contributed by atoms with Crippen molar-refractivity contribution >= 4 is 21.9 Å². The molecule has 3 nitrogen and oxygen atoms in total. The molecule has 16 heavy (non-hydrogen) atoms. The third kappa shape index (κ3) is 2.98. The lowest BCUT2D eigenvalue weighted by Crippen LogP contribution is -2.20. The van der Waals surface area contributed by atoms with Crippen LogP contribution in [-0.2, 0) is 0 Å². The van der Waals surface area contributed by atoms with Crippen molar-refractivity contribution in [3.63, 3.8) is 0 Å². The highest BCUT2D eigenvalue weighted by Crippen LogP contribution is 2.28. The average molecular weight is 287 g/mol. The van der Waals surface area contributed by atoms with E-state index in [1.807, 2.05) is 20.8 Å². The predicted molar refractivity (Wildman–Crippen MR) is 66.0 cm³/mol. The van der Waals surface area contributed by atoms with E-state index >= 15 is 0 Å². The van der Waals surface area contributed by atoms with Crippen LogP contribution in [0, 0.1) is 5.92 Å². The summed E-state index contributed by atoms with van der Waals surface area (Å²) in [6.07, 6.45) is -0.0209. The molecule has 0 aliphatic carbocycles. The van der Waals surface area contributed by atoms with Gasteiger partial charge in [-0.15, -0.1) is 0 Å². The number of carboxylic acids is 1. The van der Waals surface area contributed by atoms with Gasteiger partial charge in [-0.2, -0.15) is 0 Å². The third-order valence-corrected chi connectivity index (χ3v) is 3.10. The number of carboxylic acid groups (broad SMARTS) is 1. The summed E-state index contributed by atoms with van der Waals surface area (Å²) in [6.45, 7) is 5.99. The van der Waals surface area contributed by atoms with Crippen LogP contribution >= 0.6 is 15.9 Å². The number of halogens is 1. The molecule has 0 fully saturated rings. The zero-order valence-electron chi connectivity index (χ0n) is 9.53. The minimum absolute atomic E-state index is 0.0209. The van der Waals surface area contributed by atoms with E-state index in [9.17, 15) is 4.79 Å². The molecule has 1 aromatic rings. The standard InChI is InChI=1S/C12H15BrO3/c1-7(2)8(3)16-10-6-4-5-9(13)11(10)12(14)15/h4-8H,1-3H3,(H,14,15). The Balaban J connectivity index is 3.04. The minimum atomic E-state index is -0.988. The third-order valence-electron chi connectivity index (χ3n) is 2.44. The fourth-order valence-corrected chi connectivity index (χ4v) is 1.66. The average Bonchev–Trinajstić information content (AvgIpc) is 2.16. The molecule has 0 aliphatic heterocycles. The predicted octanol–water partition coefficient (Wildman–Crippen LogP) is 3.57. The Morgan fingerprint density at radius 2 is 2.00 bits per heavy atom. The number of carbonyl (C=O) groups is 1. The summed E-state index contributed by atoms with van der Waals surface area (Å²) >= 11 is 3.21. The first-order chi connectivity index (χ1) is 7.43. The number of aromatic carboxylic acids is 1. The molecule has 0 spiro atoms. The lowest BCUT2D eigenvalue weighted by atomic mass is 10.1. The quantitative estimate of drug-likeness (QED) is 0.920. The van der Waals surface area contributed by atoms with Crippen molar-refractivity contribution in [2.24, 2.45) is 5.92 Å². The van der Waals surface area contributed by atoms with Crippen molar-refractivity contribution in [3.8, 4) is 5.75 Å². The van der Waals surface area contributed by atoms with Crippen LogP contribution in [0.2, 0.25) is 0 Å². The topological polar surface area (TPSA) is 46.5 Å². The van der Waals surface area contributed by atoms with Gasteiger partial charge in [-0.05, 0) is 40.9 Å². The SMILES string of the molecule is CC(C)C(C)Oc1cccc(Br)c1C(=O)O. The Morgan fingerprint density at radius 1 is 1.38 bits per heavy atom. The Morgan fingerprint density at radius 3 is 2.50 bits per heavy atom. The maximum atomic E-state index is 11.1. The van der Waals surface area contributed by atoms with Gasteiger partial charge in [-0.25, -0.2) is 4.79 Å². The monoisotopic (exact) mass is 286 g/mol. The minimum Gasteiger partial charge on any atom is -0.490 e. The van der Waals surface area contributed by atoms with Crippen molar-refractivity contribution in [3.05, 3.63) is 28.2 Å². The van der Waals surface area contributed by atoms with Gasteiger partial charge in [0.05, 0.1) is 6.10 Å². The first-order valence-electron chi connectivity index (χ1n) is 5.12. The zero-order valence-corrected chi connectivity index (χ0v) is 11.1. The molecule has 0 radical (unpaired) electrons. The van der Waals surface area contributed by atoms with Gasteiger partial charge in [0.25, 0.3) is 0 Å². The normalized spacial score (nSPS) is 12.6. The maximum Gasteiger partial charge on any atom is 0.340 e. The fraction of sp³-hybridized carbons (Fsp3) is 0.417. The Hall–Kier alpha value is -1.03. The summed E-state index contributed by atoms with van der Waals surface area (Å²) in [7, 11) is 0. The van der Waals surface area contributed by atoms with E-state index in [1.54, 1.807) is 18.2 Å². The second-order valence-corrected chi connectivity index (χ2v) is 4.84. The van der Waals surface area contributed by atoms with Crippen molar-refractivity contribution in [1.29, 1.82) is 0 Å². The van der Waals surface area contributed by atoms with Crippen molar-refractivity contribution in [1.82, 2.24) is 0 Å². The van der Waals surface area contributed by atoms with Gasteiger partial charge in [-0.3, -0.25) is 0 Å². The second kappa shape index (κ2) is 5.34. The Kier molecular flexibility index (Phi) is 4.35. The number of ether oxygens (including phenoxy) is 1. The van der Waals surface area contributed by atoms with Gasteiger partial charge in [-0.1, -0.05) is 19.9 Å². The lowest BCUT2D eigenvalue weighted by Gasteiger charge is -2.19. The molecule has 1 unspecified atom stereocenters. The van der Waals surface area contributed by atoms with Crippen LogP contribution in [-0.4, -0.2) is 17.2 Å². The first-order valence-corrected chi connectivity index (χ1v) is 5.91. The smallest absolute Gasteiger partial charge is 0.340 e. The van der Waals surface area contributed by atoms with Crippen LogP contribution in [0.1, 0.15) is 31.1 Å². The number of rotatable bonds is 4. The van der Waals surface area contributed by atoms with E-state index in [0.29, 0.717) is 16.1 Å². The summed E-state index contributed by atoms with van der Waals surface area (Å²) < 4.78 is 6.17. The van der Waals surface area contributed by atoms with Gasteiger partial charge in [0.15, 0.2) is 0 Å². The van der Waals surface area contributed by atoms with Gasteiger partial charge in [0.2, 0.25) is 0 Å². The molecule has 0 saturated carbocycles. The molecule has 0 amide bonds. The Labute approximate surface area is 104 Å². The molecule has 4 heteroatoms. The lowest BCUT2D eigenvalue weighted by molar-refractivity contribution is 0.0686. The van der Waals surface area contributed by atoms with E-state index in [-0.39, 0.29) is 11.7 Å². The van der Waals surface area contributed by atoms with Gasteiger partial charge >= 0.3 is 5.97 Å². The van der Waals surface area contributed by atoms with Gasteiger partial charge < -0.3 is 9.84 Å². The van der Waals surface area contributed by atoms with Crippen LogP contribution in [0.3, 0.4) is 0 Å². The summed E-state index contributed by atoms with van der Waals surface area (Å²) in [5.74, 6) is -0.248. The largest absolute Gasteiger partial charge is 0.490 e. The molecule has 1 atom stereocenters. The molecule has 0 aromatic heterocycles. The summed E-state index contributed by atoms with van der Waals surface area (Å²) in [4.78, 5) is 11.1. The first kappa shape index (κ1) is 13.0. The summed E-state index contributed by atoms with van der Waals surface area (Å²) in [6, 6.07) is 5.13. The van der Waals surface area contributed by atoms with E-state index in [1.165, 1.54) is 0 Å². The van der Waals surface area contributed by atoms with Gasteiger partial charge in [0, 0.05) is 4.47 Å². The summed E-state index contributed by atoms with van der Waals surface area (Å²) in [5.41, 5.74) is 0.176. The summed E-state index contributed by atoms with van der Waals surface area (Å²) in [5, 5.41) is 9.09. The molecular weight excluding hydrogens is 272 g/mol. The maximum absolute atomic E-state index is 11.1. The van der Waals surface area contributed by atoms with Gasteiger partial charge in [0.1, 0.15) is 11.3 Å². The Bertz CT molecular complexity index is 388.